The van der Waals surface area contributed by atoms with E-state index < -0.39 is 0 Å². The number of aliphatic hydroxyl groups excluding tert-OH is 2. The van der Waals surface area contributed by atoms with E-state index in [1.165, 1.54) is 6.42 Å². The molecule has 1 saturated carbocycles. The molecule has 1 aromatic heterocycles. The molecule has 17 heavy (non-hydrogen) atoms. The Bertz CT molecular complexity index is 332. The van der Waals surface area contributed by atoms with Crippen molar-refractivity contribution >= 4 is 0 Å². The quantitative estimate of drug-likeness (QED) is 0.705. The van der Waals surface area contributed by atoms with Crippen molar-refractivity contribution in [3.63, 3.8) is 0 Å². The number of aromatic nitrogens is 2. The van der Waals surface area contributed by atoms with Gasteiger partial charge in [0.05, 0.1) is 19.8 Å². The van der Waals surface area contributed by atoms with Gasteiger partial charge in [0.2, 0.25) is 11.8 Å². The zero-order valence-electron chi connectivity index (χ0n) is 9.88. The Morgan fingerprint density at radius 1 is 1.18 bits per heavy atom. The minimum Gasteiger partial charge on any atom is -0.424 e. The predicted octanol–water partition coefficient (Wildman–Crippen LogP) is 0.124. The van der Waals surface area contributed by atoms with E-state index in [-0.39, 0.29) is 13.2 Å². The van der Waals surface area contributed by atoms with Crippen LogP contribution < -0.4 is 0 Å². The van der Waals surface area contributed by atoms with Crippen LogP contribution in [0.5, 0.6) is 0 Å². The van der Waals surface area contributed by atoms with Crippen LogP contribution in [0.2, 0.25) is 0 Å². The van der Waals surface area contributed by atoms with Gasteiger partial charge >= 0.3 is 0 Å². The zero-order chi connectivity index (χ0) is 12.1. The molecule has 0 amide bonds. The van der Waals surface area contributed by atoms with Gasteiger partial charge in [0, 0.05) is 19.0 Å². The molecule has 0 saturated heterocycles. The number of aliphatic hydroxyl groups is 2. The Labute approximate surface area is 100 Å². The lowest BCUT2D eigenvalue weighted by molar-refractivity contribution is 0.145. The van der Waals surface area contributed by atoms with Crippen molar-refractivity contribution in [2.75, 3.05) is 26.3 Å². The SMILES string of the molecule is OCCN(CCO)Cc1nnc(C2CCC2)o1. The van der Waals surface area contributed by atoms with Crippen molar-refractivity contribution in [1.82, 2.24) is 15.1 Å². The average Bonchev–Trinajstić information content (AvgIpc) is 2.64. The molecule has 1 aromatic rings. The molecule has 2 N–H and O–H groups in total. The summed E-state index contributed by atoms with van der Waals surface area (Å²) in [6.45, 7) is 1.61. The van der Waals surface area contributed by atoms with Crippen LogP contribution >= 0.6 is 0 Å². The molecule has 2 rings (SSSR count). The fraction of sp³-hybridized carbons (Fsp3) is 0.818. The van der Waals surface area contributed by atoms with E-state index in [1.54, 1.807) is 0 Å². The first-order valence-electron chi connectivity index (χ1n) is 6.10. The molecule has 0 radical (unpaired) electrons. The van der Waals surface area contributed by atoms with Crippen LogP contribution in [0.1, 0.15) is 37.0 Å². The Morgan fingerprint density at radius 3 is 2.41 bits per heavy atom. The normalized spacial score (nSPS) is 16.4. The van der Waals surface area contributed by atoms with Crippen LogP contribution in [0.3, 0.4) is 0 Å². The highest BCUT2D eigenvalue weighted by Crippen LogP contribution is 2.35. The highest BCUT2D eigenvalue weighted by Gasteiger charge is 2.25. The van der Waals surface area contributed by atoms with Gasteiger partial charge in [-0.2, -0.15) is 0 Å². The topological polar surface area (TPSA) is 82.6 Å². The third-order valence-corrected chi connectivity index (χ3v) is 3.13. The van der Waals surface area contributed by atoms with Crippen LogP contribution in [-0.4, -0.2) is 51.6 Å². The van der Waals surface area contributed by atoms with E-state index in [1.807, 2.05) is 4.90 Å². The van der Waals surface area contributed by atoms with Crippen LogP contribution in [0.4, 0.5) is 0 Å². The Kier molecular flexibility index (Phi) is 4.47. The highest BCUT2D eigenvalue weighted by molar-refractivity contribution is 4.96. The first kappa shape index (κ1) is 12.5. The summed E-state index contributed by atoms with van der Waals surface area (Å²) in [7, 11) is 0. The molecule has 6 heteroatoms. The minimum atomic E-state index is 0.0591. The average molecular weight is 241 g/mol. The molecule has 1 fully saturated rings. The van der Waals surface area contributed by atoms with Gasteiger partial charge in [0.25, 0.3) is 0 Å². The molecular weight excluding hydrogens is 222 g/mol. The van der Waals surface area contributed by atoms with E-state index in [2.05, 4.69) is 10.2 Å². The van der Waals surface area contributed by atoms with Crippen LogP contribution in [-0.2, 0) is 6.54 Å². The molecule has 1 heterocycles. The lowest BCUT2D eigenvalue weighted by Crippen LogP contribution is -2.29. The summed E-state index contributed by atoms with van der Waals surface area (Å²) in [5.74, 6) is 1.74. The molecule has 0 unspecified atom stereocenters. The van der Waals surface area contributed by atoms with Crippen molar-refractivity contribution in [1.29, 1.82) is 0 Å². The summed E-state index contributed by atoms with van der Waals surface area (Å²) in [5.41, 5.74) is 0. The van der Waals surface area contributed by atoms with Gasteiger partial charge in [0.15, 0.2) is 0 Å². The van der Waals surface area contributed by atoms with Gasteiger partial charge in [-0.1, -0.05) is 6.42 Å². The van der Waals surface area contributed by atoms with Gasteiger partial charge in [-0.3, -0.25) is 4.90 Å². The second-order valence-corrected chi connectivity index (χ2v) is 4.39. The summed E-state index contributed by atoms with van der Waals surface area (Å²) in [6.07, 6.45) is 3.51. The van der Waals surface area contributed by atoms with Crippen molar-refractivity contribution in [3.8, 4) is 0 Å². The summed E-state index contributed by atoms with van der Waals surface area (Å²) < 4.78 is 5.58. The van der Waals surface area contributed by atoms with Gasteiger partial charge in [-0.05, 0) is 12.8 Å². The Balaban J connectivity index is 1.89. The second kappa shape index (κ2) is 6.09. The predicted molar refractivity (Wildman–Crippen MR) is 60.3 cm³/mol. The third kappa shape index (κ3) is 3.24. The summed E-state index contributed by atoms with van der Waals surface area (Å²) in [6, 6.07) is 0. The van der Waals surface area contributed by atoms with Crippen molar-refractivity contribution < 1.29 is 14.6 Å². The van der Waals surface area contributed by atoms with E-state index >= 15 is 0 Å². The van der Waals surface area contributed by atoms with Crippen molar-refractivity contribution in [2.45, 2.75) is 31.7 Å². The number of hydrogen-bond acceptors (Lipinski definition) is 6. The van der Waals surface area contributed by atoms with Crippen molar-refractivity contribution in [2.24, 2.45) is 0 Å². The molecule has 6 nitrogen and oxygen atoms in total. The molecule has 1 aliphatic carbocycles. The van der Waals surface area contributed by atoms with E-state index in [0.717, 1.165) is 18.7 Å². The molecular formula is C11H19N3O3. The third-order valence-electron chi connectivity index (χ3n) is 3.13. The number of nitrogens with zero attached hydrogens (tertiary/aromatic N) is 3. The molecule has 0 atom stereocenters. The largest absolute Gasteiger partial charge is 0.424 e. The minimum absolute atomic E-state index is 0.0591. The smallest absolute Gasteiger partial charge is 0.230 e. The molecule has 96 valence electrons. The standard InChI is InChI=1S/C11H19N3O3/c15-6-4-14(5-7-16)8-10-12-13-11(17-10)9-2-1-3-9/h9,15-16H,1-8H2. The second-order valence-electron chi connectivity index (χ2n) is 4.39. The zero-order valence-corrected chi connectivity index (χ0v) is 9.88. The molecule has 0 spiro atoms. The number of rotatable bonds is 7. The first-order chi connectivity index (χ1) is 8.33. The summed E-state index contributed by atoms with van der Waals surface area (Å²) in [5, 5.41) is 25.8. The van der Waals surface area contributed by atoms with Crippen LogP contribution in [0.15, 0.2) is 4.42 Å². The van der Waals surface area contributed by atoms with E-state index in [0.29, 0.717) is 31.4 Å². The fourth-order valence-electron chi connectivity index (χ4n) is 1.89. The molecule has 0 aliphatic heterocycles. The van der Waals surface area contributed by atoms with Crippen LogP contribution in [0.25, 0.3) is 0 Å². The Morgan fingerprint density at radius 2 is 1.88 bits per heavy atom. The lowest BCUT2D eigenvalue weighted by Gasteiger charge is -2.21. The summed E-state index contributed by atoms with van der Waals surface area (Å²) >= 11 is 0. The maximum Gasteiger partial charge on any atom is 0.230 e. The van der Waals surface area contributed by atoms with Crippen molar-refractivity contribution in [3.05, 3.63) is 11.8 Å². The molecule has 0 aromatic carbocycles. The summed E-state index contributed by atoms with van der Waals surface area (Å²) in [4.78, 5) is 1.89. The molecule has 0 bridgehead atoms. The molecule has 1 aliphatic rings. The van der Waals surface area contributed by atoms with E-state index in [9.17, 15) is 0 Å². The maximum atomic E-state index is 8.89. The maximum absolute atomic E-state index is 8.89. The first-order valence-corrected chi connectivity index (χ1v) is 6.10. The Hall–Kier alpha value is -0.980. The van der Waals surface area contributed by atoms with E-state index in [4.69, 9.17) is 14.6 Å². The van der Waals surface area contributed by atoms with Crippen LogP contribution in [0, 0.1) is 0 Å². The van der Waals surface area contributed by atoms with Gasteiger partial charge in [-0.25, -0.2) is 0 Å². The van der Waals surface area contributed by atoms with Gasteiger partial charge in [-0.15, -0.1) is 10.2 Å². The fourth-order valence-corrected chi connectivity index (χ4v) is 1.89. The van der Waals surface area contributed by atoms with Gasteiger partial charge in [0.1, 0.15) is 0 Å². The lowest BCUT2D eigenvalue weighted by atomic mass is 9.85. The number of hydrogen-bond donors (Lipinski definition) is 2. The highest BCUT2D eigenvalue weighted by atomic mass is 16.4. The van der Waals surface area contributed by atoms with Gasteiger partial charge < -0.3 is 14.6 Å². The monoisotopic (exact) mass is 241 g/mol.